The van der Waals surface area contributed by atoms with Gasteiger partial charge in [0.25, 0.3) is 0 Å². The van der Waals surface area contributed by atoms with Crippen LogP contribution in [-0.4, -0.2) is 45.1 Å². The largest absolute Gasteiger partial charge is 0.495 e. The number of sulfonamides is 1. The third kappa shape index (κ3) is 3.37. The molecular formula is C13H16N2O6S. The molecule has 120 valence electrons. The summed E-state index contributed by atoms with van der Waals surface area (Å²) in [5, 5.41) is 11.6. The highest BCUT2D eigenvalue weighted by molar-refractivity contribution is 7.89. The molecule has 1 atom stereocenters. The monoisotopic (exact) mass is 328 g/mol. The molecule has 1 saturated heterocycles. The summed E-state index contributed by atoms with van der Waals surface area (Å²) in [6.45, 7) is 0.509. The molecular weight excluding hydrogens is 312 g/mol. The molecule has 0 spiro atoms. The van der Waals surface area contributed by atoms with Crippen LogP contribution < -0.4 is 14.8 Å². The number of ether oxygens (including phenoxy) is 1. The first-order valence-electron chi connectivity index (χ1n) is 6.56. The lowest BCUT2D eigenvalue weighted by molar-refractivity contribution is -0.124. The molecule has 0 aromatic heterocycles. The molecule has 0 radical (unpaired) electrons. The number of carbonyl (C=O) groups excluding carboxylic acids is 1. The number of rotatable bonds is 5. The minimum atomic E-state index is -4.09. The van der Waals surface area contributed by atoms with Crippen molar-refractivity contribution in [3.63, 3.8) is 0 Å². The summed E-state index contributed by atoms with van der Waals surface area (Å²) in [5.41, 5.74) is -0.186. The number of nitrogens with one attached hydrogen (secondary N) is 2. The SMILES string of the molecule is COc1ccc(C(=O)O)cc1S(=O)(=O)N[C@H]1CCCNC1=O. The Labute approximate surface area is 127 Å². The van der Waals surface area contributed by atoms with Crippen LogP contribution in [0.5, 0.6) is 5.75 Å². The van der Waals surface area contributed by atoms with Crippen molar-refractivity contribution in [1.82, 2.24) is 10.0 Å². The highest BCUT2D eigenvalue weighted by Crippen LogP contribution is 2.25. The minimum absolute atomic E-state index is 0.00807. The molecule has 0 bridgehead atoms. The highest BCUT2D eigenvalue weighted by atomic mass is 32.2. The normalized spacial score (nSPS) is 18.6. The van der Waals surface area contributed by atoms with Gasteiger partial charge < -0.3 is 15.2 Å². The van der Waals surface area contributed by atoms with Gasteiger partial charge in [-0.1, -0.05) is 0 Å². The Hall–Kier alpha value is -2.13. The van der Waals surface area contributed by atoms with Crippen molar-refractivity contribution in [3.8, 4) is 5.75 Å². The van der Waals surface area contributed by atoms with E-state index in [2.05, 4.69) is 10.0 Å². The molecule has 3 N–H and O–H groups in total. The number of carboxylic acids is 1. The fraction of sp³-hybridized carbons (Fsp3) is 0.385. The quantitative estimate of drug-likeness (QED) is 0.697. The molecule has 1 amide bonds. The molecule has 1 heterocycles. The number of carbonyl (C=O) groups is 2. The second-order valence-corrected chi connectivity index (χ2v) is 6.46. The van der Waals surface area contributed by atoms with E-state index in [1.54, 1.807) is 0 Å². The zero-order valence-corrected chi connectivity index (χ0v) is 12.6. The average Bonchev–Trinajstić information content (AvgIpc) is 2.48. The third-order valence-electron chi connectivity index (χ3n) is 3.28. The van der Waals surface area contributed by atoms with Crippen molar-refractivity contribution in [3.05, 3.63) is 23.8 Å². The molecule has 0 unspecified atom stereocenters. The van der Waals surface area contributed by atoms with Crippen molar-refractivity contribution >= 4 is 21.9 Å². The fourth-order valence-corrected chi connectivity index (χ4v) is 3.58. The van der Waals surface area contributed by atoms with Gasteiger partial charge in [0.2, 0.25) is 15.9 Å². The van der Waals surface area contributed by atoms with Gasteiger partial charge in [0.1, 0.15) is 16.7 Å². The smallest absolute Gasteiger partial charge is 0.335 e. The van der Waals surface area contributed by atoms with Crippen LogP contribution in [0.15, 0.2) is 23.1 Å². The first-order valence-corrected chi connectivity index (χ1v) is 8.05. The average molecular weight is 328 g/mol. The Bertz CT molecular complexity index is 700. The Morgan fingerprint density at radius 2 is 2.18 bits per heavy atom. The van der Waals surface area contributed by atoms with Crippen molar-refractivity contribution in [2.24, 2.45) is 0 Å². The van der Waals surface area contributed by atoms with Gasteiger partial charge in [0, 0.05) is 6.54 Å². The zero-order chi connectivity index (χ0) is 16.3. The molecule has 1 aliphatic heterocycles. The molecule has 9 heteroatoms. The Morgan fingerprint density at radius 1 is 1.45 bits per heavy atom. The Kier molecular flexibility index (Phi) is 4.67. The summed E-state index contributed by atoms with van der Waals surface area (Å²) in [7, 11) is -2.81. The van der Waals surface area contributed by atoms with Crippen LogP contribution in [-0.2, 0) is 14.8 Å². The van der Waals surface area contributed by atoms with Crippen LogP contribution in [0.3, 0.4) is 0 Å². The highest BCUT2D eigenvalue weighted by Gasteiger charge is 2.30. The third-order valence-corrected chi connectivity index (χ3v) is 4.78. The van der Waals surface area contributed by atoms with Crippen LogP contribution >= 0.6 is 0 Å². The predicted molar refractivity (Wildman–Crippen MR) is 76.3 cm³/mol. The molecule has 1 aromatic carbocycles. The predicted octanol–water partition coefficient (Wildman–Crippen LogP) is -0.0497. The molecule has 1 fully saturated rings. The van der Waals surface area contributed by atoms with Gasteiger partial charge in [-0.05, 0) is 31.0 Å². The number of benzene rings is 1. The summed E-state index contributed by atoms with van der Waals surface area (Å²) in [6.07, 6.45) is 1.04. The van der Waals surface area contributed by atoms with Gasteiger partial charge >= 0.3 is 5.97 Å². The van der Waals surface area contributed by atoms with Gasteiger partial charge in [0.05, 0.1) is 12.7 Å². The van der Waals surface area contributed by atoms with E-state index in [9.17, 15) is 18.0 Å². The minimum Gasteiger partial charge on any atom is -0.495 e. The first-order chi connectivity index (χ1) is 10.3. The van der Waals surface area contributed by atoms with Crippen molar-refractivity contribution in [1.29, 1.82) is 0 Å². The molecule has 22 heavy (non-hydrogen) atoms. The lowest BCUT2D eigenvalue weighted by Crippen LogP contribution is -2.50. The molecule has 1 aromatic rings. The number of aromatic carboxylic acids is 1. The maximum Gasteiger partial charge on any atom is 0.335 e. The summed E-state index contributed by atoms with van der Waals surface area (Å²) >= 11 is 0. The van der Waals surface area contributed by atoms with E-state index in [1.807, 2.05) is 0 Å². The lowest BCUT2D eigenvalue weighted by Gasteiger charge is -2.23. The summed E-state index contributed by atoms with van der Waals surface area (Å²) < 4.78 is 32.1. The number of carboxylic acid groups (broad SMARTS) is 1. The molecule has 0 aliphatic carbocycles. The van der Waals surface area contributed by atoms with E-state index in [4.69, 9.17) is 9.84 Å². The van der Waals surface area contributed by atoms with Crippen LogP contribution in [0.2, 0.25) is 0 Å². The van der Waals surface area contributed by atoms with Gasteiger partial charge in [-0.2, -0.15) is 4.72 Å². The van der Waals surface area contributed by atoms with E-state index in [0.717, 1.165) is 6.07 Å². The van der Waals surface area contributed by atoms with E-state index >= 15 is 0 Å². The zero-order valence-electron chi connectivity index (χ0n) is 11.8. The Morgan fingerprint density at radius 3 is 2.77 bits per heavy atom. The Balaban J connectivity index is 2.37. The fourth-order valence-electron chi connectivity index (χ4n) is 2.16. The topological polar surface area (TPSA) is 122 Å². The van der Waals surface area contributed by atoms with Crippen molar-refractivity contribution < 1.29 is 27.9 Å². The maximum absolute atomic E-state index is 12.4. The molecule has 0 saturated carbocycles. The van der Waals surface area contributed by atoms with E-state index in [0.29, 0.717) is 19.4 Å². The van der Waals surface area contributed by atoms with Crippen LogP contribution in [0.4, 0.5) is 0 Å². The lowest BCUT2D eigenvalue weighted by atomic mass is 10.1. The van der Waals surface area contributed by atoms with E-state index in [1.165, 1.54) is 19.2 Å². The van der Waals surface area contributed by atoms with Gasteiger partial charge in [0.15, 0.2) is 0 Å². The molecule has 1 aliphatic rings. The molecule has 2 rings (SSSR count). The number of methoxy groups -OCH3 is 1. The number of amides is 1. The molecule has 8 nitrogen and oxygen atoms in total. The summed E-state index contributed by atoms with van der Waals surface area (Å²) in [4.78, 5) is 22.4. The van der Waals surface area contributed by atoms with Crippen LogP contribution in [0.25, 0.3) is 0 Å². The number of hydrogen-bond donors (Lipinski definition) is 3. The summed E-state index contributed by atoms with van der Waals surface area (Å²) in [5.74, 6) is -1.65. The van der Waals surface area contributed by atoms with Crippen molar-refractivity contribution in [2.45, 2.75) is 23.8 Å². The summed E-state index contributed by atoms with van der Waals surface area (Å²) in [6, 6.07) is 2.63. The van der Waals surface area contributed by atoms with E-state index < -0.39 is 27.9 Å². The van der Waals surface area contributed by atoms with Gasteiger partial charge in [-0.25, -0.2) is 13.2 Å². The standard InChI is InChI=1S/C13H16N2O6S/c1-21-10-5-4-8(13(17)18)7-11(10)22(19,20)15-9-3-2-6-14-12(9)16/h4-5,7,9,15H,2-3,6H2,1H3,(H,14,16)(H,17,18)/t9-/m0/s1. The maximum atomic E-state index is 12.4. The van der Waals surface area contributed by atoms with Crippen LogP contribution in [0, 0.1) is 0 Å². The second kappa shape index (κ2) is 6.32. The van der Waals surface area contributed by atoms with Crippen LogP contribution in [0.1, 0.15) is 23.2 Å². The van der Waals surface area contributed by atoms with Gasteiger partial charge in [-0.3, -0.25) is 4.79 Å². The van der Waals surface area contributed by atoms with Crippen molar-refractivity contribution in [2.75, 3.05) is 13.7 Å². The number of piperidine rings is 1. The second-order valence-electron chi connectivity index (χ2n) is 4.78. The number of hydrogen-bond acceptors (Lipinski definition) is 5. The first kappa shape index (κ1) is 16.2. The van der Waals surface area contributed by atoms with Gasteiger partial charge in [-0.15, -0.1) is 0 Å². The van der Waals surface area contributed by atoms with E-state index in [-0.39, 0.29) is 16.2 Å².